The van der Waals surface area contributed by atoms with Crippen molar-refractivity contribution in [2.75, 3.05) is 25.0 Å². The van der Waals surface area contributed by atoms with Crippen LogP contribution in [0, 0.1) is 0 Å². The van der Waals surface area contributed by atoms with Gasteiger partial charge in [-0.05, 0) is 67.5 Å². The third kappa shape index (κ3) is 5.83. The van der Waals surface area contributed by atoms with Crippen molar-refractivity contribution < 1.29 is 0 Å². The van der Waals surface area contributed by atoms with E-state index in [1.165, 1.54) is 19.4 Å². The summed E-state index contributed by atoms with van der Waals surface area (Å²) in [6, 6.07) is 6.41. The zero-order valence-corrected chi connectivity index (χ0v) is 13.2. The second-order valence-electron chi connectivity index (χ2n) is 4.56. The van der Waals surface area contributed by atoms with Crippen LogP contribution in [0.1, 0.15) is 33.6 Å². The lowest BCUT2D eigenvalue weighted by Crippen LogP contribution is -2.25. The third-order valence-electron chi connectivity index (χ3n) is 3.12. The first-order valence-electron chi connectivity index (χ1n) is 6.77. The van der Waals surface area contributed by atoms with E-state index in [2.05, 4.69) is 51.9 Å². The van der Waals surface area contributed by atoms with Crippen LogP contribution in [0.5, 0.6) is 0 Å². The lowest BCUT2D eigenvalue weighted by Gasteiger charge is -2.20. The van der Waals surface area contributed by atoms with Gasteiger partial charge in [-0.15, -0.1) is 0 Å². The summed E-state index contributed by atoms with van der Waals surface area (Å²) in [5, 5.41) is 3.43. The zero-order valence-electron chi connectivity index (χ0n) is 11.6. The van der Waals surface area contributed by atoms with Gasteiger partial charge in [-0.25, -0.2) is 4.98 Å². The molecule has 3 nitrogen and oxygen atoms in total. The minimum atomic E-state index is 0.461. The Labute approximate surface area is 119 Å². The van der Waals surface area contributed by atoms with Crippen LogP contribution >= 0.6 is 15.9 Å². The van der Waals surface area contributed by atoms with Gasteiger partial charge >= 0.3 is 0 Å². The highest BCUT2D eigenvalue weighted by atomic mass is 79.9. The SMILES string of the molecule is CCN(CC)CCCC(C)Nc1cccc(Br)n1. The smallest absolute Gasteiger partial charge is 0.127 e. The van der Waals surface area contributed by atoms with Gasteiger partial charge in [0.15, 0.2) is 0 Å². The highest BCUT2D eigenvalue weighted by molar-refractivity contribution is 9.10. The molecule has 102 valence electrons. The molecule has 18 heavy (non-hydrogen) atoms. The van der Waals surface area contributed by atoms with Gasteiger partial charge in [-0.3, -0.25) is 0 Å². The van der Waals surface area contributed by atoms with E-state index in [-0.39, 0.29) is 0 Å². The normalized spacial score (nSPS) is 12.7. The van der Waals surface area contributed by atoms with Crippen LogP contribution in [-0.2, 0) is 0 Å². The minimum absolute atomic E-state index is 0.461. The predicted octanol–water partition coefficient (Wildman–Crippen LogP) is 3.77. The summed E-state index contributed by atoms with van der Waals surface area (Å²) in [5.74, 6) is 0.944. The van der Waals surface area contributed by atoms with E-state index in [4.69, 9.17) is 0 Å². The molecular weight excluding hydrogens is 290 g/mol. The lowest BCUT2D eigenvalue weighted by molar-refractivity contribution is 0.295. The van der Waals surface area contributed by atoms with E-state index < -0.39 is 0 Å². The Morgan fingerprint density at radius 1 is 1.33 bits per heavy atom. The van der Waals surface area contributed by atoms with Gasteiger partial charge in [0.1, 0.15) is 10.4 Å². The maximum absolute atomic E-state index is 4.38. The molecule has 1 atom stereocenters. The van der Waals surface area contributed by atoms with Gasteiger partial charge in [0.2, 0.25) is 0 Å². The summed E-state index contributed by atoms with van der Waals surface area (Å²) in [5.41, 5.74) is 0. The second kappa shape index (κ2) is 8.48. The quantitative estimate of drug-likeness (QED) is 0.741. The number of halogens is 1. The fraction of sp³-hybridized carbons (Fsp3) is 0.643. The fourth-order valence-electron chi connectivity index (χ4n) is 1.97. The van der Waals surface area contributed by atoms with E-state index in [9.17, 15) is 0 Å². The molecule has 4 heteroatoms. The van der Waals surface area contributed by atoms with Crippen molar-refractivity contribution in [1.29, 1.82) is 0 Å². The molecule has 1 aromatic heterocycles. The largest absolute Gasteiger partial charge is 0.368 e. The molecule has 1 unspecified atom stereocenters. The summed E-state index contributed by atoms with van der Waals surface area (Å²) in [7, 11) is 0. The van der Waals surface area contributed by atoms with Gasteiger partial charge in [-0.2, -0.15) is 0 Å². The summed E-state index contributed by atoms with van der Waals surface area (Å²) in [6.07, 6.45) is 2.40. The van der Waals surface area contributed by atoms with Crippen molar-refractivity contribution in [2.45, 2.75) is 39.7 Å². The van der Waals surface area contributed by atoms with E-state index in [1.54, 1.807) is 0 Å². The van der Waals surface area contributed by atoms with Crippen molar-refractivity contribution in [3.63, 3.8) is 0 Å². The number of hydrogen-bond donors (Lipinski definition) is 1. The molecule has 0 aliphatic rings. The number of anilines is 1. The Kier molecular flexibility index (Phi) is 7.28. The van der Waals surface area contributed by atoms with Gasteiger partial charge in [0.05, 0.1) is 0 Å². The number of aromatic nitrogens is 1. The first-order chi connectivity index (χ1) is 8.65. The molecule has 0 aliphatic heterocycles. The summed E-state index contributed by atoms with van der Waals surface area (Å²) < 4.78 is 0.878. The Morgan fingerprint density at radius 2 is 2.06 bits per heavy atom. The van der Waals surface area contributed by atoms with Crippen LogP contribution < -0.4 is 5.32 Å². The molecule has 0 aromatic carbocycles. The van der Waals surface area contributed by atoms with Crippen molar-refractivity contribution in [2.24, 2.45) is 0 Å². The molecule has 1 N–H and O–H groups in total. The molecule has 0 radical (unpaired) electrons. The monoisotopic (exact) mass is 313 g/mol. The van der Waals surface area contributed by atoms with Crippen molar-refractivity contribution in [1.82, 2.24) is 9.88 Å². The summed E-state index contributed by atoms with van der Waals surface area (Å²) in [4.78, 5) is 6.85. The van der Waals surface area contributed by atoms with Crippen LogP contribution in [0.4, 0.5) is 5.82 Å². The molecule has 0 amide bonds. The Hall–Kier alpha value is -0.610. The molecule has 0 saturated carbocycles. The first kappa shape index (κ1) is 15.4. The van der Waals surface area contributed by atoms with Crippen molar-refractivity contribution in [3.8, 4) is 0 Å². The maximum Gasteiger partial charge on any atom is 0.127 e. The molecule has 0 aliphatic carbocycles. The number of hydrogen-bond acceptors (Lipinski definition) is 3. The van der Waals surface area contributed by atoms with Gasteiger partial charge in [-0.1, -0.05) is 19.9 Å². The van der Waals surface area contributed by atoms with Gasteiger partial charge < -0.3 is 10.2 Å². The van der Waals surface area contributed by atoms with Crippen LogP contribution in [0.25, 0.3) is 0 Å². The Balaban J connectivity index is 2.27. The summed E-state index contributed by atoms with van der Waals surface area (Å²) in [6.45, 7) is 10.1. The van der Waals surface area contributed by atoms with E-state index in [0.29, 0.717) is 6.04 Å². The standard InChI is InChI=1S/C14H24BrN3/c1-4-18(5-2)11-7-8-12(3)16-14-10-6-9-13(15)17-14/h6,9-10,12H,4-5,7-8,11H2,1-3H3,(H,16,17). The van der Waals surface area contributed by atoms with E-state index in [1.807, 2.05) is 18.2 Å². The van der Waals surface area contributed by atoms with Crippen LogP contribution in [-0.4, -0.2) is 35.6 Å². The number of rotatable bonds is 8. The topological polar surface area (TPSA) is 28.2 Å². The molecule has 0 bridgehead atoms. The van der Waals surface area contributed by atoms with E-state index in [0.717, 1.165) is 23.5 Å². The van der Waals surface area contributed by atoms with E-state index >= 15 is 0 Å². The van der Waals surface area contributed by atoms with Crippen LogP contribution in [0.3, 0.4) is 0 Å². The Morgan fingerprint density at radius 3 is 2.67 bits per heavy atom. The van der Waals surface area contributed by atoms with Gasteiger partial charge in [0.25, 0.3) is 0 Å². The number of nitrogens with zero attached hydrogens (tertiary/aromatic N) is 2. The Bertz CT molecular complexity index is 340. The highest BCUT2D eigenvalue weighted by Gasteiger charge is 2.05. The fourth-order valence-corrected chi connectivity index (χ4v) is 2.32. The highest BCUT2D eigenvalue weighted by Crippen LogP contribution is 2.12. The average molecular weight is 314 g/mol. The van der Waals surface area contributed by atoms with Crippen molar-refractivity contribution in [3.05, 3.63) is 22.8 Å². The van der Waals surface area contributed by atoms with Crippen molar-refractivity contribution >= 4 is 21.7 Å². The second-order valence-corrected chi connectivity index (χ2v) is 5.37. The zero-order chi connectivity index (χ0) is 13.4. The number of nitrogens with one attached hydrogen (secondary N) is 1. The molecule has 0 spiro atoms. The van der Waals surface area contributed by atoms with Gasteiger partial charge in [0, 0.05) is 6.04 Å². The molecule has 1 rings (SSSR count). The molecule has 0 saturated heterocycles. The number of pyridine rings is 1. The maximum atomic E-state index is 4.38. The van der Waals surface area contributed by atoms with Crippen LogP contribution in [0.15, 0.2) is 22.8 Å². The summed E-state index contributed by atoms with van der Waals surface area (Å²) >= 11 is 3.38. The van der Waals surface area contributed by atoms with Crippen LogP contribution in [0.2, 0.25) is 0 Å². The predicted molar refractivity (Wildman–Crippen MR) is 82.0 cm³/mol. The third-order valence-corrected chi connectivity index (χ3v) is 3.56. The molecule has 1 heterocycles. The lowest BCUT2D eigenvalue weighted by atomic mass is 10.1. The average Bonchev–Trinajstić information content (AvgIpc) is 2.34. The first-order valence-corrected chi connectivity index (χ1v) is 7.56. The molecular formula is C14H24BrN3. The molecule has 1 aromatic rings. The molecule has 0 fully saturated rings. The minimum Gasteiger partial charge on any atom is -0.368 e.